The van der Waals surface area contributed by atoms with Crippen molar-refractivity contribution in [2.45, 2.75) is 76.2 Å². The number of carbonyl (C=O) groups is 3. The highest BCUT2D eigenvalue weighted by atomic mass is 19.3. The Bertz CT molecular complexity index is 1600. The van der Waals surface area contributed by atoms with Crippen LogP contribution in [0.25, 0.3) is 0 Å². The van der Waals surface area contributed by atoms with E-state index in [4.69, 9.17) is 5.73 Å². The number of hydrogen-bond donors (Lipinski definition) is 2. The van der Waals surface area contributed by atoms with Crippen LogP contribution in [0, 0.1) is 17.5 Å². The van der Waals surface area contributed by atoms with Crippen LogP contribution in [0.1, 0.15) is 49.0 Å². The molecule has 1 fully saturated rings. The zero-order valence-corrected chi connectivity index (χ0v) is 25.1. The third-order valence-corrected chi connectivity index (χ3v) is 8.28. The Hall–Kier alpha value is -4.40. The molecular formula is C31H34F5N7O3. The van der Waals surface area contributed by atoms with E-state index in [2.05, 4.69) is 15.5 Å². The van der Waals surface area contributed by atoms with Crippen molar-refractivity contribution >= 4 is 17.7 Å². The lowest BCUT2D eigenvalue weighted by molar-refractivity contribution is -0.140. The second-order valence-electron chi connectivity index (χ2n) is 11.8. The molecule has 3 heterocycles. The van der Waals surface area contributed by atoms with Crippen molar-refractivity contribution in [1.82, 2.24) is 29.9 Å². The first kappa shape index (κ1) is 33.0. The molecule has 3 N–H and O–H groups in total. The minimum atomic E-state index is -3.23. The maximum atomic E-state index is 14.7. The van der Waals surface area contributed by atoms with E-state index in [1.165, 1.54) is 14.4 Å². The molecule has 15 heteroatoms. The van der Waals surface area contributed by atoms with E-state index in [1.54, 1.807) is 0 Å². The number of aromatic nitrogens is 3. The van der Waals surface area contributed by atoms with Crippen LogP contribution in [0.15, 0.2) is 42.5 Å². The number of fused-ring (bicyclic) bond motifs is 1. The monoisotopic (exact) mass is 647 g/mol. The number of hydrogen-bond acceptors (Lipinski definition) is 6. The van der Waals surface area contributed by atoms with Gasteiger partial charge < -0.3 is 25.4 Å². The number of alkyl halides is 2. The number of benzene rings is 2. The Kier molecular flexibility index (Phi) is 9.70. The van der Waals surface area contributed by atoms with Crippen LogP contribution in [0.3, 0.4) is 0 Å². The van der Waals surface area contributed by atoms with Gasteiger partial charge >= 0.3 is 5.92 Å². The van der Waals surface area contributed by atoms with Gasteiger partial charge in [-0.1, -0.05) is 30.3 Å². The van der Waals surface area contributed by atoms with Gasteiger partial charge in [-0.05, 0) is 42.9 Å². The van der Waals surface area contributed by atoms with Gasteiger partial charge in [0.15, 0.2) is 17.5 Å². The number of likely N-dealkylation sites (tertiary alicyclic amines) is 1. The molecule has 0 bridgehead atoms. The molecule has 5 rings (SSSR count). The zero-order valence-electron chi connectivity index (χ0n) is 25.1. The second-order valence-corrected chi connectivity index (χ2v) is 11.8. The first-order valence-corrected chi connectivity index (χ1v) is 14.9. The number of amides is 3. The Morgan fingerprint density at radius 3 is 2.43 bits per heavy atom. The zero-order chi connectivity index (χ0) is 33.2. The lowest BCUT2D eigenvalue weighted by Crippen LogP contribution is -2.54. The third kappa shape index (κ3) is 7.35. The van der Waals surface area contributed by atoms with Gasteiger partial charge in [-0.25, -0.2) is 13.2 Å². The lowest BCUT2D eigenvalue weighted by atomic mass is 10.0. The maximum absolute atomic E-state index is 14.7. The van der Waals surface area contributed by atoms with Crippen molar-refractivity contribution in [3.05, 3.63) is 82.7 Å². The van der Waals surface area contributed by atoms with Gasteiger partial charge in [0.25, 0.3) is 0 Å². The standard InChI is InChI=1S/C31H34F5N7O3/c1-31(35,36)30-40-39-26-17-41(10-11-43(26)30)27(44)15-20(13-19-14-22(33)23(34)16-21(19)32)38-28(45)25-8-5-9-42(25)29(46)24(37)12-18-6-3-2-4-7-18/h2-4,6-7,14,16,20,24-25H,5,8-13,15,17,37H2,1H3,(H,38,45)/t20-,24?,25?/m1/s1. The van der Waals surface area contributed by atoms with Gasteiger partial charge in [-0.3, -0.25) is 14.4 Å². The topological polar surface area (TPSA) is 126 Å². The minimum absolute atomic E-state index is 0.00401. The molecule has 46 heavy (non-hydrogen) atoms. The number of rotatable bonds is 10. The third-order valence-electron chi connectivity index (χ3n) is 8.28. The lowest BCUT2D eigenvalue weighted by Gasteiger charge is -2.31. The molecule has 1 saturated heterocycles. The van der Waals surface area contributed by atoms with E-state index in [-0.39, 0.29) is 56.8 Å². The quantitative estimate of drug-likeness (QED) is 0.258. The molecule has 246 valence electrons. The van der Waals surface area contributed by atoms with E-state index in [0.717, 1.165) is 5.56 Å². The summed E-state index contributed by atoms with van der Waals surface area (Å²) in [6.07, 6.45) is 0.352. The summed E-state index contributed by atoms with van der Waals surface area (Å²) >= 11 is 0. The first-order valence-electron chi connectivity index (χ1n) is 14.9. The first-order chi connectivity index (χ1) is 21.8. The van der Waals surface area contributed by atoms with Gasteiger partial charge in [0.2, 0.25) is 23.5 Å². The molecule has 2 aliphatic rings. The van der Waals surface area contributed by atoms with Crippen molar-refractivity contribution in [2.75, 3.05) is 13.1 Å². The number of halogens is 5. The Balaban J connectivity index is 1.31. The Morgan fingerprint density at radius 1 is 1.00 bits per heavy atom. The van der Waals surface area contributed by atoms with Crippen LogP contribution in [0.2, 0.25) is 0 Å². The SMILES string of the molecule is CC(F)(F)c1nnc2n1CCN(C(=O)C[C@@H](Cc1cc(F)c(F)cc1F)NC(=O)C1CCCN1C(=O)C(N)Cc1ccccc1)C2. The highest BCUT2D eigenvalue weighted by molar-refractivity contribution is 5.91. The fourth-order valence-corrected chi connectivity index (χ4v) is 5.96. The Morgan fingerprint density at radius 2 is 1.72 bits per heavy atom. The highest BCUT2D eigenvalue weighted by Gasteiger charge is 2.38. The van der Waals surface area contributed by atoms with Crippen LogP contribution in [-0.2, 0) is 46.2 Å². The summed E-state index contributed by atoms with van der Waals surface area (Å²) in [6.45, 7) is 0.893. The van der Waals surface area contributed by atoms with E-state index < -0.39 is 65.0 Å². The fraction of sp³-hybridized carbons (Fsp3) is 0.452. The molecule has 10 nitrogen and oxygen atoms in total. The summed E-state index contributed by atoms with van der Waals surface area (Å²) in [4.78, 5) is 43.0. The minimum Gasteiger partial charge on any atom is -0.351 e. The van der Waals surface area contributed by atoms with E-state index in [0.29, 0.717) is 31.9 Å². The van der Waals surface area contributed by atoms with Gasteiger partial charge in [-0.2, -0.15) is 8.78 Å². The van der Waals surface area contributed by atoms with Crippen molar-refractivity contribution in [1.29, 1.82) is 0 Å². The summed E-state index contributed by atoms with van der Waals surface area (Å²) < 4.78 is 71.4. The molecule has 1 aromatic heterocycles. The molecule has 3 amide bonds. The molecule has 2 aliphatic heterocycles. The largest absolute Gasteiger partial charge is 0.351 e. The molecule has 0 saturated carbocycles. The van der Waals surface area contributed by atoms with E-state index >= 15 is 0 Å². The molecule has 2 unspecified atom stereocenters. The number of nitrogens with two attached hydrogens (primary N) is 1. The van der Waals surface area contributed by atoms with Crippen LogP contribution in [-0.4, -0.2) is 73.5 Å². The molecule has 2 aromatic carbocycles. The van der Waals surface area contributed by atoms with Crippen LogP contribution in [0.5, 0.6) is 0 Å². The van der Waals surface area contributed by atoms with Crippen molar-refractivity contribution < 1.29 is 36.3 Å². The summed E-state index contributed by atoms with van der Waals surface area (Å²) in [5.74, 6) is -8.90. The van der Waals surface area contributed by atoms with Gasteiger partial charge in [0.1, 0.15) is 11.9 Å². The molecule has 3 aromatic rings. The highest BCUT2D eigenvalue weighted by Crippen LogP contribution is 2.28. The normalized spacial score (nSPS) is 17.8. The van der Waals surface area contributed by atoms with Crippen molar-refractivity contribution in [3.63, 3.8) is 0 Å². The van der Waals surface area contributed by atoms with Crippen molar-refractivity contribution in [3.8, 4) is 0 Å². The number of nitrogens with zero attached hydrogens (tertiary/aromatic N) is 5. The second kappa shape index (κ2) is 13.5. The van der Waals surface area contributed by atoms with Gasteiger partial charge in [-0.15, -0.1) is 10.2 Å². The average molecular weight is 648 g/mol. The number of carbonyl (C=O) groups excluding carboxylic acids is 3. The van der Waals surface area contributed by atoms with Gasteiger partial charge in [0.05, 0.1) is 12.6 Å². The van der Waals surface area contributed by atoms with E-state index in [9.17, 15) is 36.3 Å². The molecule has 0 aliphatic carbocycles. The molecular weight excluding hydrogens is 613 g/mol. The molecule has 3 atom stereocenters. The summed E-state index contributed by atoms with van der Waals surface area (Å²) in [5, 5.41) is 10.1. The fourth-order valence-electron chi connectivity index (χ4n) is 5.96. The predicted octanol–water partition coefficient (Wildman–Crippen LogP) is 2.83. The van der Waals surface area contributed by atoms with Crippen molar-refractivity contribution in [2.24, 2.45) is 5.73 Å². The smallest absolute Gasteiger partial charge is 0.304 e. The van der Waals surface area contributed by atoms with Gasteiger partial charge in [0, 0.05) is 45.1 Å². The van der Waals surface area contributed by atoms with Crippen LogP contribution >= 0.6 is 0 Å². The maximum Gasteiger partial charge on any atom is 0.304 e. The summed E-state index contributed by atoms with van der Waals surface area (Å²) in [6, 6.07) is 7.31. The Labute approximate surface area is 261 Å². The molecule has 0 spiro atoms. The summed E-state index contributed by atoms with van der Waals surface area (Å²) in [5.41, 5.74) is 6.80. The van der Waals surface area contributed by atoms with Crippen LogP contribution in [0.4, 0.5) is 22.0 Å². The predicted molar refractivity (Wildman–Crippen MR) is 154 cm³/mol. The molecule has 0 radical (unpaired) electrons. The van der Waals surface area contributed by atoms with E-state index in [1.807, 2.05) is 30.3 Å². The van der Waals surface area contributed by atoms with Crippen LogP contribution < -0.4 is 11.1 Å². The average Bonchev–Trinajstić information content (AvgIpc) is 3.67. The number of nitrogens with one attached hydrogen (secondary N) is 1. The summed E-state index contributed by atoms with van der Waals surface area (Å²) in [7, 11) is 0.